The Bertz CT molecular complexity index is 1940. The molecule has 0 amide bonds. The minimum atomic E-state index is 0.604. The van der Waals surface area contributed by atoms with Crippen molar-refractivity contribution in [2.24, 2.45) is 11.8 Å². The first-order valence-electron chi connectivity index (χ1n) is 35.3. The molecule has 80 heavy (non-hydrogen) atoms. The molecule has 2 nitrogen and oxygen atoms in total. The van der Waals surface area contributed by atoms with Gasteiger partial charge in [0.15, 0.2) is 0 Å². The molecule has 2 aromatic carbocycles. The third-order valence-electron chi connectivity index (χ3n) is 17.3. The number of aryl methyl sites for hydroxylation is 2. The van der Waals surface area contributed by atoms with Crippen molar-refractivity contribution < 1.29 is 19.1 Å². The fourth-order valence-electron chi connectivity index (χ4n) is 12.4. The number of benzene rings is 2. The van der Waals surface area contributed by atoms with Crippen LogP contribution in [0, 0.1) is 11.8 Å². The molecule has 1 heterocycles. The Morgan fingerprint density at radius 1 is 0.362 bits per heavy atom. The molecule has 460 valence electrons. The third kappa shape index (κ3) is 32.0. The van der Waals surface area contributed by atoms with Crippen LogP contribution in [-0.4, -0.2) is 4.70 Å². The molecular weight excluding hydrogens is 1010 g/mol. The number of allylic oxidation sites excluding steroid dienone is 6. The van der Waals surface area contributed by atoms with Gasteiger partial charge in [-0.25, -0.2) is 4.70 Å². The molecule has 0 aromatic heterocycles. The predicted octanol–water partition coefficient (Wildman–Crippen LogP) is 27.1. The summed E-state index contributed by atoms with van der Waals surface area (Å²) in [5, 5.41) is 2.56. The van der Waals surface area contributed by atoms with Crippen molar-refractivity contribution in [1.82, 2.24) is 0 Å². The van der Waals surface area contributed by atoms with E-state index >= 15 is 0 Å². The molecule has 3 heteroatoms. The van der Waals surface area contributed by atoms with E-state index in [0.29, 0.717) is 11.8 Å². The van der Waals surface area contributed by atoms with Gasteiger partial charge < -0.3 is 5.53 Å². The van der Waals surface area contributed by atoms with Crippen LogP contribution in [0.3, 0.4) is 0 Å². The Morgan fingerprint density at radius 3 is 1.02 bits per heavy atom. The van der Waals surface area contributed by atoms with Crippen LogP contribution in [0.1, 0.15) is 355 Å². The van der Waals surface area contributed by atoms with Crippen molar-refractivity contribution in [3.63, 3.8) is 0 Å². The van der Waals surface area contributed by atoms with Crippen LogP contribution < -0.4 is 0 Å². The summed E-state index contributed by atoms with van der Waals surface area (Å²) >= 11 is 1.82. The van der Waals surface area contributed by atoms with E-state index in [9.17, 15) is 5.53 Å². The van der Waals surface area contributed by atoms with Crippen LogP contribution in [0.5, 0.6) is 0 Å². The Hall–Kier alpha value is -2.51. The summed E-state index contributed by atoms with van der Waals surface area (Å²) < 4.78 is 1.73. The molecule has 0 saturated heterocycles. The van der Waals surface area contributed by atoms with Gasteiger partial charge >= 0.3 is 39.1 Å². The van der Waals surface area contributed by atoms with Crippen LogP contribution in [-0.2, 0) is 27.3 Å². The average Bonchev–Trinajstić information content (AvgIpc) is 3.85. The second-order valence-corrected chi connectivity index (χ2v) is 26.2. The van der Waals surface area contributed by atoms with E-state index < -0.39 is 0 Å². The summed E-state index contributed by atoms with van der Waals surface area (Å²) in [7, 11) is 0. The second-order valence-electron chi connectivity index (χ2n) is 24.3. The summed E-state index contributed by atoms with van der Waals surface area (Å²) in [6.45, 7) is 23.1. The van der Waals surface area contributed by atoms with Gasteiger partial charge in [0.25, 0.3) is 0 Å². The van der Waals surface area contributed by atoms with Crippen LogP contribution in [0.25, 0.3) is 16.9 Å². The Kier molecular flexibility index (Phi) is 46.9. The molecule has 1 aliphatic rings. The fraction of sp³-hybridized carbons (Fsp3) is 0.740. The summed E-state index contributed by atoms with van der Waals surface area (Å²) in [4.78, 5) is 0. The van der Waals surface area contributed by atoms with Crippen LogP contribution >= 0.6 is 0 Å². The summed E-state index contributed by atoms with van der Waals surface area (Å²) in [5.41, 5.74) is 27.0. The van der Waals surface area contributed by atoms with Gasteiger partial charge in [-0.2, -0.15) is 0 Å². The van der Waals surface area contributed by atoms with Crippen molar-refractivity contribution >= 4 is 11.4 Å². The Morgan fingerprint density at radius 2 is 0.675 bits per heavy atom. The number of hydrogen-bond donors (Lipinski definition) is 0. The molecule has 1 aliphatic heterocycles. The second kappa shape index (κ2) is 51.0. The average molecular weight is 1140 g/mol. The fourth-order valence-corrected chi connectivity index (χ4v) is 12.9. The zero-order chi connectivity index (χ0) is 58.1. The SMILES string of the molecule is CCCCCCCC(=CC(CCCCCC)CCc1ccccc1C1=C(CCCC)C(CCCCC)=C(c2ccccc2CCC(C=C(CCCCCC)CCCCCCC)CCCCCC)[N+]1=[N-])CCCCCC.C[CH2][Ni][CH2]C. The van der Waals surface area contributed by atoms with E-state index in [4.69, 9.17) is 0 Å². The molecule has 0 bridgehead atoms. The van der Waals surface area contributed by atoms with E-state index in [-0.39, 0.29) is 0 Å². The molecular formula is C77H132N2Ni. The van der Waals surface area contributed by atoms with Gasteiger partial charge in [0.1, 0.15) is 0 Å². The van der Waals surface area contributed by atoms with E-state index in [1.165, 1.54) is 275 Å². The van der Waals surface area contributed by atoms with Gasteiger partial charge in [-0.3, -0.25) is 0 Å². The van der Waals surface area contributed by atoms with E-state index in [2.05, 4.69) is 130 Å². The standard InChI is InChI=1S/C73H122N2.2C2H5.Ni/c1-9-17-25-31-38-46-62(44-34-27-19-11-3)60-64(48-36-29-21-13-5)56-58-66-50-40-42-53-68(66)72-70(52-24-16-8)71(55-33-23-15-7)73(75(72)74)69-54-43-41-51-67(69)59-57-65(49-37-30-22-14-6)61-63(45-35-28-20-12-4)47-39-32-26-18-10-2;2*1-2;/h40-43,50-51,53-54,60-61,64-65H,9-39,44-49,52,55-59H2,1-8H3;2*1H2,2H3;. The van der Waals surface area contributed by atoms with Crippen molar-refractivity contribution in [1.29, 1.82) is 0 Å². The van der Waals surface area contributed by atoms with Gasteiger partial charge in [-0.15, -0.1) is 0 Å². The predicted molar refractivity (Wildman–Crippen MR) is 357 cm³/mol. The molecule has 0 fully saturated rings. The van der Waals surface area contributed by atoms with Crippen molar-refractivity contribution in [2.45, 2.75) is 356 Å². The van der Waals surface area contributed by atoms with Gasteiger partial charge in [-0.1, -0.05) is 276 Å². The molecule has 2 atom stereocenters. The van der Waals surface area contributed by atoms with E-state index in [0.717, 1.165) is 56.3 Å². The number of rotatable bonds is 51. The van der Waals surface area contributed by atoms with Gasteiger partial charge in [0, 0.05) is 22.3 Å². The first-order valence-corrected chi connectivity index (χ1v) is 36.7. The summed E-state index contributed by atoms with van der Waals surface area (Å²) in [5.74, 6) is 1.21. The Balaban J connectivity index is 0.00000417. The maximum absolute atomic E-state index is 13.1. The third-order valence-corrected chi connectivity index (χ3v) is 18.3. The van der Waals surface area contributed by atoms with Crippen LogP contribution in [0.2, 0.25) is 10.8 Å². The first kappa shape index (κ1) is 73.6. The molecule has 3 rings (SSSR count). The maximum atomic E-state index is 13.1. The monoisotopic (exact) mass is 1140 g/mol. The zero-order valence-corrected chi connectivity index (χ0v) is 55.9. The molecule has 0 radical (unpaired) electrons. The number of hydrogen-bond acceptors (Lipinski definition) is 0. The normalized spacial score (nSPS) is 13.9. The quantitative estimate of drug-likeness (QED) is 0.0273. The molecule has 2 aromatic rings. The van der Waals surface area contributed by atoms with Crippen LogP contribution in [0.15, 0.2) is 83.0 Å². The molecule has 0 spiro atoms. The van der Waals surface area contributed by atoms with E-state index in [1.807, 2.05) is 14.4 Å². The van der Waals surface area contributed by atoms with Crippen LogP contribution in [0.4, 0.5) is 0 Å². The van der Waals surface area contributed by atoms with Crippen molar-refractivity contribution in [3.8, 4) is 0 Å². The van der Waals surface area contributed by atoms with Gasteiger partial charge in [0.05, 0.1) is 0 Å². The minimum absolute atomic E-state index is 0.604. The summed E-state index contributed by atoms with van der Waals surface area (Å²) in [6.07, 6.45) is 60.6. The van der Waals surface area contributed by atoms with Crippen molar-refractivity contribution in [3.05, 3.63) is 111 Å². The molecule has 2 unspecified atom stereocenters. The van der Waals surface area contributed by atoms with Gasteiger partial charge in [0.2, 0.25) is 11.4 Å². The topological polar surface area (TPSA) is 25.3 Å². The Labute approximate surface area is 506 Å². The van der Waals surface area contributed by atoms with Crippen molar-refractivity contribution in [2.75, 3.05) is 0 Å². The van der Waals surface area contributed by atoms with Gasteiger partial charge in [-0.05, 0) is 151 Å². The van der Waals surface area contributed by atoms with E-state index in [1.54, 1.807) is 15.8 Å². The first-order chi connectivity index (χ1) is 39.3. The number of unbranched alkanes of at least 4 members (excludes halogenated alkanes) is 23. The molecule has 0 saturated carbocycles. The molecule has 0 aliphatic carbocycles. The molecule has 0 N–H and O–H groups in total. The number of nitrogens with zero attached hydrogens (tertiary/aromatic N) is 2. The zero-order valence-electron chi connectivity index (χ0n) is 55.0. The summed E-state index contributed by atoms with van der Waals surface area (Å²) in [6, 6.07) is 18.6.